The van der Waals surface area contributed by atoms with Gasteiger partial charge in [0.1, 0.15) is 11.6 Å². The van der Waals surface area contributed by atoms with E-state index in [1.165, 1.54) is 31.2 Å². The fourth-order valence-corrected chi connectivity index (χ4v) is 2.42. The number of carbonyl (C=O) groups excluding carboxylic acids is 2. The molecule has 0 heterocycles. The first-order chi connectivity index (χ1) is 12.1. The summed E-state index contributed by atoms with van der Waals surface area (Å²) in [5, 5.41) is 7.36. The lowest BCUT2D eigenvalue weighted by Gasteiger charge is -2.14. The molecular formula is C16H14F2N2O5S. The van der Waals surface area contributed by atoms with Crippen molar-refractivity contribution in [2.24, 2.45) is 5.14 Å². The standard InChI is InChI=1S/C16H14F2N2O5S/c1-9(25-16(22)13-7-2-10(17)8-14(13)18)15(21)20-11-3-5-12(6-4-11)26(19,23)24/h2-9H,1H3,(H,20,21)(H2,19,23,24)/t9-/m1/s1. The first kappa shape index (κ1) is 19.5. The highest BCUT2D eigenvalue weighted by Gasteiger charge is 2.21. The zero-order valence-electron chi connectivity index (χ0n) is 13.4. The normalized spacial score (nSPS) is 12.3. The molecule has 26 heavy (non-hydrogen) atoms. The van der Waals surface area contributed by atoms with Gasteiger partial charge in [-0.3, -0.25) is 4.79 Å². The number of hydrogen-bond donors (Lipinski definition) is 2. The third-order valence-corrected chi connectivity index (χ3v) is 4.18. The minimum atomic E-state index is -3.86. The van der Waals surface area contributed by atoms with Crippen molar-refractivity contribution in [1.82, 2.24) is 0 Å². The maximum absolute atomic E-state index is 13.5. The summed E-state index contributed by atoms with van der Waals surface area (Å²) in [6.07, 6.45) is -1.29. The molecule has 0 radical (unpaired) electrons. The predicted molar refractivity (Wildman–Crippen MR) is 87.7 cm³/mol. The topological polar surface area (TPSA) is 116 Å². The van der Waals surface area contributed by atoms with Crippen LogP contribution in [0.25, 0.3) is 0 Å². The maximum atomic E-state index is 13.5. The summed E-state index contributed by atoms with van der Waals surface area (Å²) in [5.74, 6) is -3.83. The van der Waals surface area contributed by atoms with Gasteiger partial charge in [0.05, 0.1) is 10.5 Å². The molecule has 0 unspecified atom stereocenters. The first-order valence-electron chi connectivity index (χ1n) is 7.17. The van der Waals surface area contributed by atoms with Gasteiger partial charge in [-0.1, -0.05) is 0 Å². The molecule has 1 amide bonds. The van der Waals surface area contributed by atoms with Crippen LogP contribution in [0.2, 0.25) is 0 Å². The molecule has 2 rings (SSSR count). The summed E-state index contributed by atoms with van der Waals surface area (Å²) < 4.78 is 53.5. The number of ether oxygens (including phenoxy) is 1. The molecule has 3 N–H and O–H groups in total. The van der Waals surface area contributed by atoms with E-state index in [1.807, 2.05) is 0 Å². The summed E-state index contributed by atoms with van der Waals surface area (Å²) >= 11 is 0. The molecule has 1 atom stereocenters. The SMILES string of the molecule is C[C@@H](OC(=O)c1ccc(F)cc1F)C(=O)Nc1ccc(S(N)(=O)=O)cc1. The van der Waals surface area contributed by atoms with E-state index in [4.69, 9.17) is 9.88 Å². The van der Waals surface area contributed by atoms with Gasteiger partial charge >= 0.3 is 5.97 Å². The molecule has 0 spiro atoms. The van der Waals surface area contributed by atoms with Gasteiger partial charge in [-0.2, -0.15) is 0 Å². The molecule has 0 bridgehead atoms. The molecule has 0 saturated carbocycles. The van der Waals surface area contributed by atoms with Crippen molar-refractivity contribution in [3.8, 4) is 0 Å². The highest BCUT2D eigenvalue weighted by atomic mass is 32.2. The Bertz CT molecular complexity index is 946. The third-order valence-electron chi connectivity index (χ3n) is 3.25. The molecule has 0 aliphatic rings. The summed E-state index contributed by atoms with van der Waals surface area (Å²) in [7, 11) is -3.86. The molecule has 0 aromatic heterocycles. The number of hydrogen-bond acceptors (Lipinski definition) is 5. The van der Waals surface area contributed by atoms with Gasteiger partial charge in [0.15, 0.2) is 6.10 Å². The molecule has 2 aromatic rings. The van der Waals surface area contributed by atoms with Gasteiger partial charge in [0, 0.05) is 11.8 Å². The fourth-order valence-electron chi connectivity index (χ4n) is 1.90. The van der Waals surface area contributed by atoms with Crippen molar-refractivity contribution >= 4 is 27.6 Å². The Labute approximate surface area is 147 Å². The molecule has 0 fully saturated rings. The quantitative estimate of drug-likeness (QED) is 0.763. The summed E-state index contributed by atoms with van der Waals surface area (Å²) in [5.41, 5.74) is -0.276. The van der Waals surface area contributed by atoms with Crippen LogP contribution < -0.4 is 10.5 Å². The Hall–Kier alpha value is -2.85. The van der Waals surface area contributed by atoms with Crippen LogP contribution in [0.5, 0.6) is 0 Å². The van der Waals surface area contributed by atoms with E-state index in [1.54, 1.807) is 0 Å². The van der Waals surface area contributed by atoms with Crippen LogP contribution in [0.4, 0.5) is 14.5 Å². The van der Waals surface area contributed by atoms with Crippen molar-refractivity contribution in [3.05, 3.63) is 59.7 Å². The van der Waals surface area contributed by atoms with E-state index in [9.17, 15) is 26.8 Å². The Morgan fingerprint density at radius 3 is 2.27 bits per heavy atom. The van der Waals surface area contributed by atoms with Crippen molar-refractivity contribution in [3.63, 3.8) is 0 Å². The van der Waals surface area contributed by atoms with E-state index in [-0.39, 0.29) is 10.6 Å². The number of rotatable bonds is 5. The number of benzene rings is 2. The van der Waals surface area contributed by atoms with Crippen molar-refractivity contribution in [2.75, 3.05) is 5.32 Å². The van der Waals surface area contributed by atoms with Crippen molar-refractivity contribution in [1.29, 1.82) is 0 Å². The van der Waals surface area contributed by atoms with Crippen molar-refractivity contribution in [2.45, 2.75) is 17.9 Å². The minimum Gasteiger partial charge on any atom is -0.449 e. The van der Waals surface area contributed by atoms with Crippen LogP contribution in [0.1, 0.15) is 17.3 Å². The lowest BCUT2D eigenvalue weighted by Crippen LogP contribution is -2.30. The Balaban J connectivity index is 2.02. The van der Waals surface area contributed by atoms with Crippen LogP contribution >= 0.6 is 0 Å². The second-order valence-corrected chi connectivity index (χ2v) is 6.79. The second-order valence-electron chi connectivity index (χ2n) is 5.23. The van der Waals surface area contributed by atoms with Crippen LogP contribution in [0, 0.1) is 11.6 Å². The summed E-state index contributed by atoms with van der Waals surface area (Å²) in [4.78, 5) is 23.7. The average molecular weight is 384 g/mol. The Morgan fingerprint density at radius 2 is 1.73 bits per heavy atom. The summed E-state index contributed by atoms with van der Waals surface area (Å²) in [6, 6.07) is 7.29. The maximum Gasteiger partial charge on any atom is 0.341 e. The van der Waals surface area contributed by atoms with Gasteiger partial charge in [-0.05, 0) is 43.3 Å². The number of halogens is 2. The highest BCUT2D eigenvalue weighted by molar-refractivity contribution is 7.89. The molecule has 0 saturated heterocycles. The highest BCUT2D eigenvalue weighted by Crippen LogP contribution is 2.15. The van der Waals surface area contributed by atoms with Gasteiger partial charge in [0.25, 0.3) is 5.91 Å². The Kier molecular flexibility index (Phi) is 5.68. The summed E-state index contributed by atoms with van der Waals surface area (Å²) in [6.45, 7) is 1.26. The Morgan fingerprint density at radius 1 is 1.12 bits per heavy atom. The lowest BCUT2D eigenvalue weighted by molar-refractivity contribution is -0.123. The van der Waals surface area contributed by atoms with Gasteiger partial charge in [-0.15, -0.1) is 0 Å². The minimum absolute atomic E-state index is 0.137. The molecule has 10 heteroatoms. The number of esters is 1. The number of carbonyl (C=O) groups is 2. The average Bonchev–Trinajstić information content (AvgIpc) is 2.54. The molecule has 2 aromatic carbocycles. The van der Waals surface area contributed by atoms with Crippen LogP contribution in [0.15, 0.2) is 47.4 Å². The van der Waals surface area contributed by atoms with Crippen molar-refractivity contribution < 1.29 is 31.5 Å². The van der Waals surface area contributed by atoms with E-state index in [2.05, 4.69) is 5.32 Å². The van der Waals surface area contributed by atoms with E-state index in [0.717, 1.165) is 12.1 Å². The molecule has 138 valence electrons. The fraction of sp³-hybridized carbons (Fsp3) is 0.125. The molecule has 0 aliphatic heterocycles. The van der Waals surface area contributed by atoms with Crippen LogP contribution in [-0.4, -0.2) is 26.4 Å². The first-order valence-corrected chi connectivity index (χ1v) is 8.72. The van der Waals surface area contributed by atoms with E-state index in [0.29, 0.717) is 6.07 Å². The number of anilines is 1. The van der Waals surface area contributed by atoms with Gasteiger partial charge < -0.3 is 10.1 Å². The number of sulfonamides is 1. The molecular weight excluding hydrogens is 370 g/mol. The zero-order chi connectivity index (χ0) is 19.5. The third kappa shape index (κ3) is 4.83. The van der Waals surface area contributed by atoms with Crippen LogP contribution in [0.3, 0.4) is 0 Å². The van der Waals surface area contributed by atoms with E-state index < -0.39 is 45.2 Å². The number of nitrogens with one attached hydrogen (secondary N) is 1. The zero-order valence-corrected chi connectivity index (χ0v) is 14.2. The number of primary sulfonamides is 1. The largest absolute Gasteiger partial charge is 0.449 e. The second kappa shape index (κ2) is 7.58. The molecule has 0 aliphatic carbocycles. The lowest BCUT2D eigenvalue weighted by atomic mass is 10.2. The van der Waals surface area contributed by atoms with Crippen LogP contribution in [-0.2, 0) is 19.6 Å². The predicted octanol–water partition coefficient (Wildman–Crippen LogP) is 1.80. The number of nitrogens with two attached hydrogens (primary N) is 1. The smallest absolute Gasteiger partial charge is 0.341 e. The molecule has 7 nitrogen and oxygen atoms in total. The van der Waals surface area contributed by atoms with Gasteiger partial charge in [0.2, 0.25) is 10.0 Å². The monoisotopic (exact) mass is 384 g/mol. The van der Waals surface area contributed by atoms with Gasteiger partial charge in [-0.25, -0.2) is 27.1 Å². The number of amides is 1. The van der Waals surface area contributed by atoms with E-state index >= 15 is 0 Å².